The van der Waals surface area contributed by atoms with E-state index in [1.807, 2.05) is 50.1 Å². The number of halogens is 1. The first-order valence-corrected chi connectivity index (χ1v) is 10.7. The third-order valence-electron chi connectivity index (χ3n) is 5.40. The summed E-state index contributed by atoms with van der Waals surface area (Å²) in [5, 5.41) is 6.94. The van der Waals surface area contributed by atoms with Crippen molar-refractivity contribution in [1.82, 2.24) is 20.4 Å². The molecule has 2 N–H and O–H groups in total. The number of carbonyl (C=O) groups is 1. The van der Waals surface area contributed by atoms with Crippen molar-refractivity contribution in [1.29, 1.82) is 0 Å². The van der Waals surface area contributed by atoms with Crippen LogP contribution in [0.4, 0.5) is 0 Å². The summed E-state index contributed by atoms with van der Waals surface area (Å²) in [4.78, 5) is 21.1. The fourth-order valence-electron chi connectivity index (χ4n) is 3.65. The number of aliphatic imine (C=N–C) groups is 1. The fraction of sp³-hybridized carbons (Fsp3) is 0.636. The van der Waals surface area contributed by atoms with E-state index in [1.54, 1.807) is 0 Å². The number of guanidine groups is 1. The maximum Gasteiger partial charge on any atom is 0.253 e. The summed E-state index contributed by atoms with van der Waals surface area (Å²) in [6, 6.07) is 8.34. The van der Waals surface area contributed by atoms with Crippen LogP contribution in [0.25, 0.3) is 0 Å². The van der Waals surface area contributed by atoms with Gasteiger partial charge in [-0.2, -0.15) is 0 Å². The van der Waals surface area contributed by atoms with Crippen molar-refractivity contribution in [2.24, 2.45) is 4.99 Å². The number of likely N-dealkylation sites (tertiary alicyclic amines) is 1. The van der Waals surface area contributed by atoms with Crippen LogP contribution in [-0.2, 0) is 6.54 Å². The van der Waals surface area contributed by atoms with Gasteiger partial charge in [-0.1, -0.05) is 19.1 Å². The van der Waals surface area contributed by atoms with E-state index in [-0.39, 0.29) is 29.9 Å². The molecule has 1 saturated heterocycles. The van der Waals surface area contributed by atoms with E-state index in [1.165, 1.54) is 13.0 Å². The molecular weight excluding hydrogens is 477 g/mol. The van der Waals surface area contributed by atoms with E-state index < -0.39 is 0 Å². The predicted octanol–water partition coefficient (Wildman–Crippen LogP) is 3.33. The second-order valence-corrected chi connectivity index (χ2v) is 7.36. The Balaban J connectivity index is 0.00000420. The molecule has 6 nitrogen and oxygen atoms in total. The number of nitrogens with one attached hydrogen (secondary N) is 2. The third-order valence-corrected chi connectivity index (χ3v) is 5.40. The number of hydrogen-bond acceptors (Lipinski definition) is 3. The Labute approximate surface area is 193 Å². The topological polar surface area (TPSA) is 60.0 Å². The van der Waals surface area contributed by atoms with Crippen LogP contribution in [0, 0.1) is 0 Å². The number of carbonyl (C=O) groups excluding carboxylic acids is 1. The van der Waals surface area contributed by atoms with Gasteiger partial charge in [-0.15, -0.1) is 24.0 Å². The zero-order chi connectivity index (χ0) is 20.4. The van der Waals surface area contributed by atoms with Crippen LogP contribution in [0.1, 0.15) is 56.0 Å². The van der Waals surface area contributed by atoms with E-state index in [9.17, 15) is 4.79 Å². The molecule has 1 aliphatic heterocycles. The van der Waals surface area contributed by atoms with Crippen LogP contribution in [0.3, 0.4) is 0 Å². The van der Waals surface area contributed by atoms with Crippen molar-refractivity contribution in [3.8, 4) is 0 Å². The van der Waals surface area contributed by atoms with Gasteiger partial charge in [-0.25, -0.2) is 0 Å². The largest absolute Gasteiger partial charge is 0.354 e. The number of amides is 1. The van der Waals surface area contributed by atoms with Crippen molar-refractivity contribution >= 4 is 35.8 Å². The van der Waals surface area contributed by atoms with Gasteiger partial charge in [-0.05, 0) is 57.4 Å². The molecule has 1 aliphatic rings. The van der Waals surface area contributed by atoms with Gasteiger partial charge >= 0.3 is 0 Å². The molecule has 1 heterocycles. The third kappa shape index (κ3) is 8.12. The number of nitrogens with zero attached hydrogens (tertiary/aromatic N) is 3. The Hall–Kier alpha value is -1.35. The number of hydrogen-bond donors (Lipinski definition) is 2. The van der Waals surface area contributed by atoms with E-state index in [0.29, 0.717) is 12.6 Å². The summed E-state index contributed by atoms with van der Waals surface area (Å²) in [6.07, 6.45) is 3.53. The van der Waals surface area contributed by atoms with Gasteiger partial charge in [0.2, 0.25) is 0 Å². The van der Waals surface area contributed by atoms with Crippen molar-refractivity contribution in [2.75, 3.05) is 39.8 Å². The molecule has 29 heavy (non-hydrogen) atoms. The minimum absolute atomic E-state index is 0. The molecule has 2 rings (SSSR count). The first-order valence-electron chi connectivity index (χ1n) is 10.7. The van der Waals surface area contributed by atoms with E-state index in [0.717, 1.165) is 56.1 Å². The summed E-state index contributed by atoms with van der Waals surface area (Å²) in [7, 11) is 1.81. The molecule has 0 bridgehead atoms. The zero-order valence-corrected chi connectivity index (χ0v) is 20.7. The average molecular weight is 515 g/mol. The SMILES string of the molecule is CCCN1CCC(NC(=NC)NCc2ccc(C(=O)N(CC)CC)cc2)CC1.I. The van der Waals surface area contributed by atoms with Crippen LogP contribution in [0.15, 0.2) is 29.3 Å². The summed E-state index contributed by atoms with van der Waals surface area (Å²) in [6.45, 7) is 11.9. The number of piperidine rings is 1. The fourth-order valence-corrected chi connectivity index (χ4v) is 3.65. The van der Waals surface area contributed by atoms with Crippen LogP contribution in [-0.4, -0.2) is 67.5 Å². The van der Waals surface area contributed by atoms with Gasteiger partial charge in [0.1, 0.15) is 0 Å². The summed E-state index contributed by atoms with van der Waals surface area (Å²) in [5.74, 6) is 0.939. The van der Waals surface area contributed by atoms with Gasteiger partial charge in [0, 0.05) is 51.4 Å². The molecule has 0 unspecified atom stereocenters. The Morgan fingerprint density at radius 2 is 1.76 bits per heavy atom. The lowest BCUT2D eigenvalue weighted by molar-refractivity contribution is 0.0773. The van der Waals surface area contributed by atoms with E-state index in [4.69, 9.17) is 0 Å². The number of benzene rings is 1. The van der Waals surface area contributed by atoms with Crippen LogP contribution < -0.4 is 10.6 Å². The molecule has 0 spiro atoms. The highest BCUT2D eigenvalue weighted by Gasteiger charge is 2.19. The molecule has 0 aliphatic carbocycles. The molecule has 7 heteroatoms. The Bertz CT molecular complexity index is 623. The minimum atomic E-state index is 0. The average Bonchev–Trinajstić information content (AvgIpc) is 2.73. The molecule has 1 amide bonds. The zero-order valence-electron chi connectivity index (χ0n) is 18.4. The first-order chi connectivity index (χ1) is 13.6. The standard InChI is InChI=1S/C22H37N5O.HI/c1-5-14-26-15-12-20(13-16-26)25-22(23-4)24-17-18-8-10-19(11-9-18)21(28)27(6-2)7-3;/h8-11,20H,5-7,12-17H2,1-4H3,(H2,23,24,25);1H. The molecule has 1 aromatic rings. The molecule has 0 radical (unpaired) electrons. The van der Waals surface area contributed by atoms with E-state index >= 15 is 0 Å². The lowest BCUT2D eigenvalue weighted by Gasteiger charge is -2.32. The maximum absolute atomic E-state index is 12.4. The highest BCUT2D eigenvalue weighted by atomic mass is 127. The highest BCUT2D eigenvalue weighted by molar-refractivity contribution is 14.0. The minimum Gasteiger partial charge on any atom is -0.354 e. The Morgan fingerprint density at radius 1 is 1.14 bits per heavy atom. The normalized spacial score (nSPS) is 15.5. The monoisotopic (exact) mass is 515 g/mol. The van der Waals surface area contributed by atoms with Crippen LogP contribution in [0.5, 0.6) is 0 Å². The molecule has 164 valence electrons. The van der Waals surface area contributed by atoms with Crippen molar-refractivity contribution in [3.63, 3.8) is 0 Å². The molecule has 1 fully saturated rings. The second-order valence-electron chi connectivity index (χ2n) is 7.36. The quantitative estimate of drug-likeness (QED) is 0.317. The predicted molar refractivity (Wildman–Crippen MR) is 132 cm³/mol. The van der Waals surface area contributed by atoms with Gasteiger partial charge in [0.15, 0.2) is 5.96 Å². The molecular formula is C22H38IN5O. The van der Waals surface area contributed by atoms with Gasteiger partial charge in [0.05, 0.1) is 0 Å². The highest BCUT2D eigenvalue weighted by Crippen LogP contribution is 2.11. The molecule has 1 aromatic carbocycles. The summed E-state index contributed by atoms with van der Waals surface area (Å²) < 4.78 is 0. The van der Waals surface area contributed by atoms with Crippen molar-refractivity contribution in [3.05, 3.63) is 35.4 Å². The summed E-state index contributed by atoms with van der Waals surface area (Å²) in [5.41, 5.74) is 1.88. The van der Waals surface area contributed by atoms with Crippen molar-refractivity contribution < 1.29 is 4.79 Å². The lowest BCUT2D eigenvalue weighted by atomic mass is 10.1. The van der Waals surface area contributed by atoms with Gasteiger partial charge in [-0.3, -0.25) is 9.79 Å². The Morgan fingerprint density at radius 3 is 2.28 bits per heavy atom. The first kappa shape index (κ1) is 25.7. The second kappa shape index (κ2) is 13.8. The van der Waals surface area contributed by atoms with Gasteiger partial charge < -0.3 is 20.4 Å². The number of rotatable bonds is 8. The summed E-state index contributed by atoms with van der Waals surface area (Å²) >= 11 is 0. The van der Waals surface area contributed by atoms with Crippen molar-refractivity contribution in [2.45, 2.75) is 52.6 Å². The Kier molecular flexibility index (Phi) is 12.2. The lowest BCUT2D eigenvalue weighted by Crippen LogP contribution is -2.48. The van der Waals surface area contributed by atoms with Gasteiger partial charge in [0.25, 0.3) is 5.91 Å². The maximum atomic E-state index is 12.4. The van der Waals surface area contributed by atoms with Crippen LogP contribution >= 0.6 is 24.0 Å². The molecule has 0 atom stereocenters. The van der Waals surface area contributed by atoms with Crippen LogP contribution in [0.2, 0.25) is 0 Å². The smallest absolute Gasteiger partial charge is 0.253 e. The molecule has 0 saturated carbocycles. The van der Waals surface area contributed by atoms with E-state index in [2.05, 4.69) is 27.4 Å². The molecule has 0 aromatic heterocycles.